The molecule has 0 radical (unpaired) electrons. The molecule has 3 aromatic heterocycles. The number of aryl methyl sites for hydroxylation is 2. The van der Waals surface area contributed by atoms with Crippen LogP contribution in [0.3, 0.4) is 0 Å². The predicted molar refractivity (Wildman–Crippen MR) is 241 cm³/mol. The van der Waals surface area contributed by atoms with Gasteiger partial charge < -0.3 is 13.7 Å². The highest BCUT2D eigenvalue weighted by Gasteiger charge is 2.28. The molecule has 0 atom stereocenters. The number of para-hydroxylation sites is 3. The average molecular weight is 760 g/mol. The first-order valence-electron chi connectivity index (χ1n) is 19.3. The van der Waals surface area contributed by atoms with E-state index in [1.807, 2.05) is 31.2 Å². The number of hydrogen-bond acceptors (Lipinski definition) is 3. The van der Waals surface area contributed by atoms with E-state index in [0.717, 1.165) is 77.0 Å². The summed E-state index contributed by atoms with van der Waals surface area (Å²) < 4.78 is 7.29. The summed E-state index contributed by atoms with van der Waals surface area (Å²) in [5.74, 6) is 0. The first-order valence-corrected chi connectivity index (χ1v) is 19.7. The molecule has 58 heavy (non-hydrogen) atoms. The van der Waals surface area contributed by atoms with E-state index in [1.54, 1.807) is 0 Å². The van der Waals surface area contributed by atoms with Gasteiger partial charge in [0.15, 0.2) is 0 Å². The van der Waals surface area contributed by atoms with E-state index in [2.05, 4.69) is 179 Å². The minimum Gasteiger partial charge on any atom is -0.308 e. The Morgan fingerprint density at radius 3 is 1.19 bits per heavy atom. The van der Waals surface area contributed by atoms with Crippen molar-refractivity contribution in [2.75, 3.05) is 0 Å². The van der Waals surface area contributed by atoms with E-state index in [0.29, 0.717) is 16.7 Å². The number of thiol groups is 1. The topological polar surface area (TPSA) is 62.4 Å². The first kappa shape index (κ1) is 33.8. The zero-order valence-corrected chi connectivity index (χ0v) is 32.6. The fraction of sp³-hybridized carbons (Fsp3) is 0.0385. The van der Waals surface area contributed by atoms with E-state index in [1.165, 1.54) is 27.1 Å². The zero-order valence-electron chi connectivity index (χ0n) is 31.7. The molecule has 0 saturated heterocycles. The summed E-state index contributed by atoms with van der Waals surface area (Å²) in [5, 5.41) is 27.3. The second-order valence-electron chi connectivity index (χ2n) is 15.1. The molecular weight excluding hydrogens is 727 g/mol. The summed E-state index contributed by atoms with van der Waals surface area (Å²) >= 11 is 4.67. The van der Waals surface area contributed by atoms with Crippen LogP contribution in [0.25, 0.3) is 93.6 Å². The van der Waals surface area contributed by atoms with Crippen molar-refractivity contribution in [3.05, 3.63) is 180 Å². The standard InChI is InChI=1S/C52H33N5S/c1-31-15-19-36(20-16-31)55-43-12-6-3-9-40(43)47-50(55)48-42-11-5-8-14-45(42)57(38-23-25-39(58)26-24-38)52(48)49-41-10-4-7-13-44(41)56(51(47)49)37-21-17-33(18-22-37)46-34(29-53)27-32(2)28-35(46)30-54/h3-28,58H,1-2H3. The average Bonchev–Trinajstić information content (AvgIpc) is 3.90. The highest BCUT2D eigenvalue weighted by molar-refractivity contribution is 7.80. The maximum absolute atomic E-state index is 10.1. The minimum absolute atomic E-state index is 0.493. The van der Waals surface area contributed by atoms with Gasteiger partial charge in [0.25, 0.3) is 0 Å². The summed E-state index contributed by atoms with van der Waals surface area (Å²) in [6.07, 6.45) is 0. The monoisotopic (exact) mass is 759 g/mol. The van der Waals surface area contributed by atoms with E-state index in [4.69, 9.17) is 0 Å². The molecule has 0 spiro atoms. The summed E-state index contributed by atoms with van der Waals surface area (Å²) in [6, 6.07) is 60.2. The van der Waals surface area contributed by atoms with Crippen LogP contribution < -0.4 is 0 Å². The maximum Gasteiger partial charge on any atom is 0.0998 e. The van der Waals surface area contributed by atoms with E-state index in [9.17, 15) is 10.5 Å². The van der Waals surface area contributed by atoms with Crippen LogP contribution in [0, 0.1) is 36.5 Å². The summed E-state index contributed by atoms with van der Waals surface area (Å²) in [5.41, 5.74) is 14.4. The van der Waals surface area contributed by atoms with Gasteiger partial charge in [-0.2, -0.15) is 10.5 Å². The summed E-state index contributed by atoms with van der Waals surface area (Å²) in [6.45, 7) is 4.05. The van der Waals surface area contributed by atoms with Crippen LogP contribution in [-0.4, -0.2) is 13.7 Å². The summed E-state index contributed by atoms with van der Waals surface area (Å²) in [4.78, 5) is 0.908. The molecule has 6 heteroatoms. The van der Waals surface area contributed by atoms with Crippen LogP contribution in [0.15, 0.2) is 163 Å². The molecule has 0 N–H and O–H groups in total. The fourth-order valence-corrected chi connectivity index (χ4v) is 9.45. The zero-order chi connectivity index (χ0) is 39.2. The van der Waals surface area contributed by atoms with Crippen molar-refractivity contribution in [1.29, 1.82) is 10.5 Å². The molecule has 0 aliphatic rings. The lowest BCUT2D eigenvalue weighted by Gasteiger charge is -2.14. The van der Waals surface area contributed by atoms with Gasteiger partial charge in [-0.05, 0) is 104 Å². The number of hydrogen-bond donors (Lipinski definition) is 1. The number of fused-ring (bicyclic) bond motifs is 12. The van der Waals surface area contributed by atoms with Crippen molar-refractivity contribution in [2.24, 2.45) is 0 Å². The highest BCUT2D eigenvalue weighted by atomic mass is 32.1. The van der Waals surface area contributed by atoms with Crippen molar-refractivity contribution in [3.63, 3.8) is 0 Å². The van der Waals surface area contributed by atoms with Gasteiger partial charge in [0.05, 0.1) is 56.4 Å². The molecule has 0 saturated carbocycles. The van der Waals surface area contributed by atoms with Gasteiger partial charge in [-0.1, -0.05) is 84.4 Å². The molecule has 11 rings (SSSR count). The van der Waals surface area contributed by atoms with E-state index in [-0.39, 0.29) is 0 Å². The lowest BCUT2D eigenvalue weighted by molar-refractivity contribution is 1.16. The van der Waals surface area contributed by atoms with Gasteiger partial charge in [0, 0.05) is 59.8 Å². The smallest absolute Gasteiger partial charge is 0.0998 e. The molecule has 8 aromatic carbocycles. The Morgan fingerprint density at radius 2 is 0.793 bits per heavy atom. The Labute approximate surface area is 339 Å². The summed E-state index contributed by atoms with van der Waals surface area (Å²) in [7, 11) is 0. The largest absolute Gasteiger partial charge is 0.308 e. The Balaban J connectivity index is 1.37. The number of benzene rings is 8. The third-order valence-corrected chi connectivity index (χ3v) is 12.0. The highest BCUT2D eigenvalue weighted by Crippen LogP contribution is 2.50. The molecule has 272 valence electrons. The molecule has 0 bridgehead atoms. The molecular formula is C52H33N5S. The van der Waals surface area contributed by atoms with Gasteiger partial charge in [0.1, 0.15) is 0 Å². The van der Waals surface area contributed by atoms with E-state index < -0.39 is 0 Å². The number of nitrogens with zero attached hydrogens (tertiary/aromatic N) is 5. The van der Waals surface area contributed by atoms with Crippen molar-refractivity contribution < 1.29 is 0 Å². The van der Waals surface area contributed by atoms with Gasteiger partial charge in [-0.25, -0.2) is 0 Å². The number of aromatic nitrogens is 3. The van der Waals surface area contributed by atoms with Crippen molar-refractivity contribution in [2.45, 2.75) is 18.7 Å². The molecule has 0 fully saturated rings. The molecule has 0 aliphatic carbocycles. The van der Waals surface area contributed by atoms with Gasteiger partial charge in [-0.3, -0.25) is 0 Å². The van der Waals surface area contributed by atoms with Crippen molar-refractivity contribution >= 4 is 78.0 Å². The molecule has 11 aromatic rings. The van der Waals surface area contributed by atoms with Crippen LogP contribution in [-0.2, 0) is 0 Å². The van der Waals surface area contributed by atoms with Crippen molar-refractivity contribution in [1.82, 2.24) is 13.7 Å². The Kier molecular flexibility index (Phi) is 7.44. The predicted octanol–water partition coefficient (Wildman–Crippen LogP) is 13.3. The van der Waals surface area contributed by atoms with Gasteiger partial charge >= 0.3 is 0 Å². The van der Waals surface area contributed by atoms with E-state index >= 15 is 0 Å². The lowest BCUT2D eigenvalue weighted by atomic mass is 9.93. The third kappa shape index (κ3) is 4.77. The van der Waals surface area contributed by atoms with Gasteiger partial charge in [-0.15, -0.1) is 12.6 Å². The Hall–Kier alpha value is -7.51. The van der Waals surface area contributed by atoms with Gasteiger partial charge in [0.2, 0.25) is 0 Å². The quantitative estimate of drug-likeness (QED) is 0.182. The van der Waals surface area contributed by atoms with Crippen LogP contribution in [0.1, 0.15) is 22.3 Å². The number of nitriles is 2. The first-order chi connectivity index (χ1) is 28.4. The fourth-order valence-electron chi connectivity index (χ4n) is 9.30. The number of rotatable bonds is 4. The molecule has 0 aliphatic heterocycles. The van der Waals surface area contributed by atoms with Crippen LogP contribution in [0.2, 0.25) is 0 Å². The lowest BCUT2D eigenvalue weighted by Crippen LogP contribution is -1.98. The molecule has 0 unspecified atom stereocenters. The maximum atomic E-state index is 10.1. The SMILES string of the molecule is Cc1ccc(-n2c3ccccc3c3c2c2c4ccccc4n(-c4ccc(S)cc4)c2c2c4ccccc4n(-c4ccc(-c5c(C#N)cc(C)cc5C#N)cc4)c32)cc1. The molecule has 0 amide bonds. The molecule has 5 nitrogen and oxygen atoms in total. The molecule has 3 heterocycles. The van der Waals surface area contributed by atoms with Crippen LogP contribution in [0.4, 0.5) is 0 Å². The third-order valence-electron chi connectivity index (χ3n) is 11.7. The second-order valence-corrected chi connectivity index (χ2v) is 15.6. The van der Waals surface area contributed by atoms with Crippen LogP contribution in [0.5, 0.6) is 0 Å². The van der Waals surface area contributed by atoms with Crippen LogP contribution >= 0.6 is 12.6 Å². The van der Waals surface area contributed by atoms with Crippen molar-refractivity contribution in [3.8, 4) is 40.3 Å². The Bertz CT molecular complexity index is 3480. The minimum atomic E-state index is 0.493. The second kappa shape index (κ2) is 12.8. The Morgan fingerprint density at radius 1 is 0.431 bits per heavy atom. The normalized spacial score (nSPS) is 11.7.